The molecule has 0 atom stereocenters. The highest BCUT2D eigenvalue weighted by atomic mass is 16.6. The number of furan rings is 1. The molecule has 0 saturated heterocycles. The third kappa shape index (κ3) is 2.94. The van der Waals surface area contributed by atoms with Crippen molar-refractivity contribution >= 4 is 17.3 Å². The molecule has 2 aromatic rings. The molecule has 1 heterocycles. The minimum absolute atomic E-state index is 0.0211. The molecule has 0 aliphatic rings. The zero-order valence-corrected chi connectivity index (χ0v) is 10.7. The first-order valence-electron chi connectivity index (χ1n) is 5.76. The predicted molar refractivity (Wildman–Crippen MR) is 70.5 cm³/mol. The number of carbonyl (C=O) groups excluding carboxylic acids is 1. The van der Waals surface area contributed by atoms with Crippen molar-refractivity contribution in [3.8, 4) is 0 Å². The summed E-state index contributed by atoms with van der Waals surface area (Å²) in [5.41, 5.74) is 0.362. The van der Waals surface area contributed by atoms with E-state index in [0.717, 1.165) is 0 Å². The molecule has 104 valence electrons. The number of rotatable bonds is 5. The normalized spacial score (nSPS) is 10.1. The molecule has 0 radical (unpaired) electrons. The highest BCUT2D eigenvalue weighted by Crippen LogP contribution is 2.24. The van der Waals surface area contributed by atoms with E-state index in [2.05, 4.69) is 10.1 Å². The molecule has 2 rings (SSSR count). The summed E-state index contributed by atoms with van der Waals surface area (Å²) in [6.45, 7) is 0.224. The van der Waals surface area contributed by atoms with Gasteiger partial charge >= 0.3 is 5.97 Å². The van der Waals surface area contributed by atoms with Gasteiger partial charge in [0.1, 0.15) is 11.4 Å². The Bertz CT molecular complexity index is 635. The van der Waals surface area contributed by atoms with Gasteiger partial charge in [0.25, 0.3) is 5.69 Å². The number of carbonyl (C=O) groups is 1. The van der Waals surface area contributed by atoms with Crippen molar-refractivity contribution in [3.63, 3.8) is 0 Å². The molecule has 7 nitrogen and oxygen atoms in total. The number of nitro groups is 1. The smallest absolute Gasteiger partial charge is 0.373 e. The van der Waals surface area contributed by atoms with Crippen LogP contribution < -0.4 is 5.32 Å². The van der Waals surface area contributed by atoms with Gasteiger partial charge in [-0.15, -0.1) is 0 Å². The van der Waals surface area contributed by atoms with E-state index in [1.165, 1.54) is 19.2 Å². The van der Waals surface area contributed by atoms with Crippen LogP contribution in [0.15, 0.2) is 40.8 Å². The number of anilines is 1. The average Bonchev–Trinajstić information content (AvgIpc) is 2.93. The Hall–Kier alpha value is -2.83. The number of hydrogen-bond acceptors (Lipinski definition) is 6. The van der Waals surface area contributed by atoms with Crippen LogP contribution in [0.2, 0.25) is 0 Å². The van der Waals surface area contributed by atoms with Gasteiger partial charge in [-0.2, -0.15) is 0 Å². The quantitative estimate of drug-likeness (QED) is 0.512. The fraction of sp³-hybridized carbons (Fsp3) is 0.154. The molecule has 1 N–H and O–H groups in total. The number of esters is 1. The average molecular weight is 276 g/mol. The maximum absolute atomic E-state index is 11.2. The lowest BCUT2D eigenvalue weighted by Gasteiger charge is -2.04. The molecule has 0 spiro atoms. The van der Waals surface area contributed by atoms with Crippen LogP contribution in [0.3, 0.4) is 0 Å². The van der Waals surface area contributed by atoms with E-state index < -0.39 is 10.9 Å². The second kappa shape index (κ2) is 5.87. The van der Waals surface area contributed by atoms with Gasteiger partial charge in [0, 0.05) is 6.07 Å². The lowest BCUT2D eigenvalue weighted by Crippen LogP contribution is -2.02. The summed E-state index contributed by atoms with van der Waals surface area (Å²) >= 11 is 0. The molecule has 20 heavy (non-hydrogen) atoms. The minimum atomic E-state index is -0.568. The zero-order valence-electron chi connectivity index (χ0n) is 10.7. The Morgan fingerprint density at radius 3 is 2.80 bits per heavy atom. The summed E-state index contributed by atoms with van der Waals surface area (Å²) < 4.78 is 9.77. The molecular weight excluding hydrogens is 264 g/mol. The van der Waals surface area contributed by atoms with Crippen molar-refractivity contribution in [2.24, 2.45) is 0 Å². The Morgan fingerprint density at radius 2 is 2.10 bits per heavy atom. The Labute approximate surface area is 114 Å². The largest absolute Gasteiger partial charge is 0.463 e. The van der Waals surface area contributed by atoms with Crippen LogP contribution in [0.1, 0.15) is 16.3 Å². The SMILES string of the molecule is COC(=O)c1ccc(CNc2ccccc2[N+](=O)[O-])o1. The van der Waals surface area contributed by atoms with Crippen LogP contribution >= 0.6 is 0 Å². The Kier molecular flexibility index (Phi) is 3.99. The second-order valence-corrected chi connectivity index (χ2v) is 3.89. The van der Waals surface area contributed by atoms with E-state index in [4.69, 9.17) is 4.42 Å². The second-order valence-electron chi connectivity index (χ2n) is 3.89. The van der Waals surface area contributed by atoms with E-state index in [0.29, 0.717) is 11.4 Å². The highest BCUT2D eigenvalue weighted by molar-refractivity contribution is 5.86. The van der Waals surface area contributed by atoms with E-state index in [9.17, 15) is 14.9 Å². The molecule has 0 amide bonds. The maximum Gasteiger partial charge on any atom is 0.373 e. The van der Waals surface area contributed by atoms with E-state index in [1.807, 2.05) is 0 Å². The first-order chi connectivity index (χ1) is 9.61. The van der Waals surface area contributed by atoms with Crippen molar-refractivity contribution in [2.45, 2.75) is 6.54 Å². The van der Waals surface area contributed by atoms with Gasteiger partial charge in [-0.3, -0.25) is 10.1 Å². The van der Waals surface area contributed by atoms with E-state index in [-0.39, 0.29) is 18.0 Å². The van der Waals surface area contributed by atoms with Gasteiger partial charge in [-0.05, 0) is 18.2 Å². The van der Waals surface area contributed by atoms with Crippen molar-refractivity contribution in [3.05, 3.63) is 58.0 Å². The molecule has 0 bridgehead atoms. The lowest BCUT2D eigenvalue weighted by molar-refractivity contribution is -0.384. The van der Waals surface area contributed by atoms with Crippen LogP contribution in [0.4, 0.5) is 11.4 Å². The predicted octanol–water partition coefficient (Wildman–Crippen LogP) is 2.59. The first-order valence-corrected chi connectivity index (χ1v) is 5.76. The summed E-state index contributed by atoms with van der Waals surface area (Å²) in [6, 6.07) is 9.38. The summed E-state index contributed by atoms with van der Waals surface area (Å²) in [4.78, 5) is 21.6. The van der Waals surface area contributed by atoms with Crippen LogP contribution in [0, 0.1) is 10.1 Å². The van der Waals surface area contributed by atoms with Crippen molar-refractivity contribution in [1.82, 2.24) is 0 Å². The van der Waals surface area contributed by atoms with E-state index in [1.54, 1.807) is 24.3 Å². The fourth-order valence-corrected chi connectivity index (χ4v) is 1.65. The molecule has 0 aliphatic heterocycles. The van der Waals surface area contributed by atoms with Crippen molar-refractivity contribution in [1.29, 1.82) is 0 Å². The Balaban J connectivity index is 2.07. The monoisotopic (exact) mass is 276 g/mol. The Morgan fingerprint density at radius 1 is 1.35 bits per heavy atom. The highest BCUT2D eigenvalue weighted by Gasteiger charge is 2.14. The molecule has 0 saturated carbocycles. The number of benzene rings is 1. The molecule has 1 aromatic heterocycles. The molecular formula is C13H12N2O5. The summed E-state index contributed by atoms with van der Waals surface area (Å²) in [7, 11) is 1.26. The van der Waals surface area contributed by atoms with Crippen molar-refractivity contribution in [2.75, 3.05) is 12.4 Å². The number of ether oxygens (including phenoxy) is 1. The number of nitro benzene ring substituents is 1. The zero-order chi connectivity index (χ0) is 14.5. The summed E-state index contributed by atoms with van der Waals surface area (Å²) in [5.74, 6) is -0.00245. The fourth-order valence-electron chi connectivity index (χ4n) is 1.65. The molecule has 0 aliphatic carbocycles. The molecule has 1 aromatic carbocycles. The van der Waals surface area contributed by atoms with Crippen molar-refractivity contribution < 1.29 is 18.9 Å². The molecule has 7 heteroatoms. The lowest BCUT2D eigenvalue weighted by atomic mass is 10.2. The van der Waals surface area contributed by atoms with Gasteiger partial charge in [-0.25, -0.2) is 4.79 Å². The minimum Gasteiger partial charge on any atom is -0.463 e. The number of hydrogen-bond donors (Lipinski definition) is 1. The van der Waals surface area contributed by atoms with Gasteiger partial charge in [-0.1, -0.05) is 12.1 Å². The topological polar surface area (TPSA) is 94.6 Å². The van der Waals surface area contributed by atoms with Gasteiger partial charge in [0.15, 0.2) is 0 Å². The number of para-hydroxylation sites is 2. The van der Waals surface area contributed by atoms with Crippen LogP contribution in [-0.4, -0.2) is 18.0 Å². The summed E-state index contributed by atoms with van der Waals surface area (Å²) in [5, 5.41) is 13.7. The number of nitrogens with zero attached hydrogens (tertiary/aromatic N) is 1. The standard InChI is InChI=1S/C13H12N2O5/c1-19-13(16)12-7-6-9(20-12)8-14-10-4-2-3-5-11(10)15(17)18/h2-7,14H,8H2,1H3. The van der Waals surface area contributed by atoms with Gasteiger partial charge < -0.3 is 14.5 Å². The molecule has 0 unspecified atom stereocenters. The number of methoxy groups -OCH3 is 1. The van der Waals surface area contributed by atoms with E-state index >= 15 is 0 Å². The van der Waals surface area contributed by atoms with Gasteiger partial charge in [0.2, 0.25) is 5.76 Å². The van der Waals surface area contributed by atoms with Crippen LogP contribution in [0.5, 0.6) is 0 Å². The molecule has 0 fully saturated rings. The first kappa shape index (κ1) is 13.6. The summed E-state index contributed by atoms with van der Waals surface area (Å²) in [6.07, 6.45) is 0. The third-order valence-electron chi connectivity index (χ3n) is 2.60. The number of nitrogens with one attached hydrogen (secondary N) is 1. The van der Waals surface area contributed by atoms with Gasteiger partial charge in [0.05, 0.1) is 18.6 Å². The van der Waals surface area contributed by atoms with Crippen LogP contribution in [0.25, 0.3) is 0 Å². The maximum atomic E-state index is 11.2. The third-order valence-corrected chi connectivity index (χ3v) is 2.60. The van der Waals surface area contributed by atoms with Crippen LogP contribution in [-0.2, 0) is 11.3 Å².